The summed E-state index contributed by atoms with van der Waals surface area (Å²) in [5.74, 6) is -3.54. The van der Waals surface area contributed by atoms with Gasteiger partial charge in [-0.25, -0.2) is 0 Å². The number of hydrogen-bond donors (Lipinski definition) is 3. The van der Waals surface area contributed by atoms with Crippen LogP contribution >= 0.6 is 0 Å². The number of alkyl halides is 3. The number of carboxylic acids is 1. The van der Waals surface area contributed by atoms with Gasteiger partial charge in [0.1, 0.15) is 12.1 Å². The molecule has 2 amide bonds. The number of rotatable bonds is 8. The standard InChI is InChI=1S/C28H31F3N4O4/c1-27(2,3)24(26(39)34-28(29,30)31)33-25(38)22(15-23(36)37)35-14-4-5-21(35)20-12-10-19(11-13-20)18-8-6-17(16-32)7-9-18/h4,6-10,12,14,21-22,24H,5,11,13,15H2,1-3H3,(H,33,38)(H,34,39)(H,36,37). The predicted octanol–water partition coefficient (Wildman–Crippen LogP) is 4.26. The van der Waals surface area contributed by atoms with E-state index in [1.807, 2.05) is 30.4 Å². The lowest BCUT2D eigenvalue weighted by Gasteiger charge is -2.37. The number of benzene rings is 1. The van der Waals surface area contributed by atoms with E-state index in [0.717, 1.165) is 22.0 Å². The first kappa shape index (κ1) is 29.5. The number of amides is 2. The first-order valence-electron chi connectivity index (χ1n) is 12.4. The molecule has 0 aromatic heterocycles. The van der Waals surface area contributed by atoms with Gasteiger partial charge in [-0.15, -0.1) is 0 Å². The second-order valence-corrected chi connectivity index (χ2v) is 10.6. The van der Waals surface area contributed by atoms with Crippen LogP contribution in [0.4, 0.5) is 13.2 Å². The molecule has 208 valence electrons. The zero-order valence-corrected chi connectivity index (χ0v) is 21.9. The fourth-order valence-corrected chi connectivity index (χ4v) is 4.76. The molecule has 2 aliphatic rings. The molecule has 3 atom stereocenters. The minimum atomic E-state index is -4.98. The maximum atomic E-state index is 13.3. The van der Waals surface area contributed by atoms with Crippen molar-refractivity contribution in [3.05, 3.63) is 65.4 Å². The van der Waals surface area contributed by atoms with Crippen LogP contribution in [0.5, 0.6) is 0 Å². The first-order chi connectivity index (χ1) is 18.2. The van der Waals surface area contributed by atoms with Gasteiger partial charge in [-0.05, 0) is 59.7 Å². The van der Waals surface area contributed by atoms with Crippen LogP contribution in [-0.4, -0.2) is 52.2 Å². The van der Waals surface area contributed by atoms with Gasteiger partial charge in [0.15, 0.2) is 0 Å². The Kier molecular flexibility index (Phi) is 8.89. The van der Waals surface area contributed by atoms with E-state index < -0.39 is 48.0 Å². The normalized spacial score (nSPS) is 18.9. The Morgan fingerprint density at radius 1 is 1.10 bits per heavy atom. The molecule has 0 saturated heterocycles. The number of allylic oxidation sites excluding steroid dienone is 3. The minimum Gasteiger partial charge on any atom is -0.481 e. The molecule has 39 heavy (non-hydrogen) atoms. The topological polar surface area (TPSA) is 123 Å². The summed E-state index contributed by atoms with van der Waals surface area (Å²) in [4.78, 5) is 39.0. The fourth-order valence-electron chi connectivity index (χ4n) is 4.76. The lowest BCUT2D eigenvalue weighted by atomic mass is 9.85. The average Bonchev–Trinajstić information content (AvgIpc) is 3.33. The van der Waals surface area contributed by atoms with Crippen LogP contribution in [0.2, 0.25) is 0 Å². The second kappa shape index (κ2) is 11.8. The molecule has 1 aliphatic heterocycles. The number of halogens is 3. The van der Waals surface area contributed by atoms with Gasteiger partial charge in [0, 0.05) is 0 Å². The van der Waals surface area contributed by atoms with Crippen molar-refractivity contribution in [3.8, 4) is 6.07 Å². The van der Waals surface area contributed by atoms with Crippen molar-refractivity contribution < 1.29 is 32.7 Å². The van der Waals surface area contributed by atoms with Gasteiger partial charge in [0.05, 0.1) is 24.1 Å². The van der Waals surface area contributed by atoms with Crippen molar-refractivity contribution in [2.45, 2.75) is 70.9 Å². The molecule has 8 nitrogen and oxygen atoms in total. The number of carbonyl (C=O) groups excluding carboxylic acids is 2. The maximum Gasteiger partial charge on any atom is 0.484 e. The van der Waals surface area contributed by atoms with E-state index in [1.54, 1.807) is 23.2 Å². The van der Waals surface area contributed by atoms with Crippen LogP contribution in [0, 0.1) is 16.7 Å². The smallest absolute Gasteiger partial charge is 0.481 e. The third-order valence-electron chi connectivity index (χ3n) is 6.70. The molecule has 0 spiro atoms. The number of nitrogens with one attached hydrogen (secondary N) is 2. The Balaban J connectivity index is 1.83. The lowest BCUT2D eigenvalue weighted by molar-refractivity contribution is -0.173. The van der Waals surface area contributed by atoms with Crippen molar-refractivity contribution >= 4 is 23.4 Å². The van der Waals surface area contributed by atoms with Crippen molar-refractivity contribution in [2.75, 3.05) is 0 Å². The monoisotopic (exact) mass is 544 g/mol. The maximum absolute atomic E-state index is 13.3. The number of carbonyl (C=O) groups is 3. The molecule has 1 aliphatic carbocycles. The summed E-state index contributed by atoms with van der Waals surface area (Å²) >= 11 is 0. The molecule has 0 radical (unpaired) electrons. The van der Waals surface area contributed by atoms with Gasteiger partial charge in [-0.2, -0.15) is 18.4 Å². The van der Waals surface area contributed by atoms with Crippen molar-refractivity contribution in [2.24, 2.45) is 5.41 Å². The summed E-state index contributed by atoms with van der Waals surface area (Å²) in [6.07, 6.45) is 3.61. The van der Waals surface area contributed by atoms with Crippen molar-refractivity contribution in [1.29, 1.82) is 5.26 Å². The van der Waals surface area contributed by atoms with E-state index in [0.29, 0.717) is 24.8 Å². The third kappa shape index (κ3) is 7.72. The predicted molar refractivity (Wildman–Crippen MR) is 137 cm³/mol. The van der Waals surface area contributed by atoms with E-state index >= 15 is 0 Å². The Morgan fingerprint density at radius 2 is 1.77 bits per heavy atom. The molecular formula is C28H31F3N4O4. The Morgan fingerprint density at radius 3 is 2.28 bits per heavy atom. The molecule has 0 saturated carbocycles. The summed E-state index contributed by atoms with van der Waals surface area (Å²) < 4.78 is 38.5. The number of carboxylic acid groups (broad SMARTS) is 1. The molecule has 0 fully saturated rings. The molecule has 1 aromatic carbocycles. The molecule has 0 bridgehead atoms. The highest BCUT2D eigenvalue weighted by Gasteiger charge is 2.42. The highest BCUT2D eigenvalue weighted by Crippen LogP contribution is 2.34. The Hall–Kier alpha value is -4.07. The van der Waals surface area contributed by atoms with Gasteiger partial charge in [-0.3, -0.25) is 19.7 Å². The molecule has 1 aromatic rings. The Bertz CT molecular complexity index is 1240. The molecule has 3 rings (SSSR count). The largest absolute Gasteiger partial charge is 0.484 e. The van der Waals surface area contributed by atoms with Crippen LogP contribution in [0.25, 0.3) is 5.57 Å². The zero-order valence-electron chi connectivity index (χ0n) is 21.9. The van der Waals surface area contributed by atoms with E-state index in [1.165, 1.54) is 20.8 Å². The number of aliphatic carboxylic acids is 1. The minimum absolute atomic E-state index is 0.323. The van der Waals surface area contributed by atoms with E-state index in [2.05, 4.69) is 11.4 Å². The van der Waals surface area contributed by atoms with Crippen molar-refractivity contribution in [1.82, 2.24) is 15.5 Å². The van der Waals surface area contributed by atoms with Crippen LogP contribution in [0.3, 0.4) is 0 Å². The fraction of sp³-hybridized carbons (Fsp3) is 0.429. The first-order valence-corrected chi connectivity index (χ1v) is 12.4. The zero-order chi connectivity index (χ0) is 29.0. The van der Waals surface area contributed by atoms with Gasteiger partial charge in [0.25, 0.3) is 0 Å². The molecule has 1 heterocycles. The highest BCUT2D eigenvalue weighted by molar-refractivity contribution is 5.92. The summed E-state index contributed by atoms with van der Waals surface area (Å²) in [5, 5.41) is 21.9. The molecule has 3 unspecified atom stereocenters. The van der Waals surface area contributed by atoms with Gasteiger partial charge in [-0.1, -0.05) is 51.1 Å². The highest BCUT2D eigenvalue weighted by atomic mass is 19.4. The molecule has 3 N–H and O–H groups in total. The number of nitriles is 1. The summed E-state index contributed by atoms with van der Waals surface area (Å²) in [6, 6.07) is 6.19. The summed E-state index contributed by atoms with van der Waals surface area (Å²) in [7, 11) is 0. The second-order valence-electron chi connectivity index (χ2n) is 10.6. The molecular weight excluding hydrogens is 513 g/mol. The van der Waals surface area contributed by atoms with Crippen LogP contribution in [0.15, 0.2) is 54.3 Å². The quantitative estimate of drug-likeness (QED) is 0.421. The molecule has 11 heteroatoms. The van der Waals surface area contributed by atoms with Crippen LogP contribution in [0.1, 0.15) is 57.6 Å². The van der Waals surface area contributed by atoms with Gasteiger partial charge in [0.2, 0.25) is 11.8 Å². The van der Waals surface area contributed by atoms with Gasteiger partial charge >= 0.3 is 12.3 Å². The number of hydrogen-bond acceptors (Lipinski definition) is 5. The van der Waals surface area contributed by atoms with Crippen LogP contribution < -0.4 is 10.6 Å². The van der Waals surface area contributed by atoms with Crippen LogP contribution in [-0.2, 0) is 14.4 Å². The number of nitrogens with zero attached hydrogens (tertiary/aromatic N) is 2. The summed E-state index contributed by atoms with van der Waals surface area (Å²) in [6.45, 7) is 4.51. The van der Waals surface area contributed by atoms with E-state index in [4.69, 9.17) is 5.26 Å². The SMILES string of the molecule is CC(C)(C)C(NC(=O)C(CC(=O)O)N1C=CCC1C1=CC=C(c2ccc(C#N)cc2)CC1)C(=O)NC(F)(F)F. The van der Waals surface area contributed by atoms with Crippen molar-refractivity contribution in [3.63, 3.8) is 0 Å². The van der Waals surface area contributed by atoms with E-state index in [9.17, 15) is 32.7 Å². The lowest BCUT2D eigenvalue weighted by Crippen LogP contribution is -2.59. The average molecular weight is 545 g/mol. The van der Waals surface area contributed by atoms with Gasteiger partial charge < -0.3 is 15.3 Å². The Labute approximate surface area is 224 Å². The summed E-state index contributed by atoms with van der Waals surface area (Å²) in [5.41, 5.74) is 2.51. The van der Waals surface area contributed by atoms with E-state index in [-0.39, 0.29) is 6.04 Å². The third-order valence-corrected chi connectivity index (χ3v) is 6.70.